The van der Waals surface area contributed by atoms with Gasteiger partial charge in [-0.1, -0.05) is 18.5 Å². The van der Waals surface area contributed by atoms with E-state index in [9.17, 15) is 0 Å². The highest BCUT2D eigenvalue weighted by molar-refractivity contribution is 7.11. The molecule has 2 aromatic rings. The highest BCUT2D eigenvalue weighted by Gasteiger charge is 2.12. The molecule has 21 heavy (non-hydrogen) atoms. The molecule has 1 unspecified atom stereocenters. The van der Waals surface area contributed by atoms with Gasteiger partial charge in [0.2, 0.25) is 0 Å². The van der Waals surface area contributed by atoms with Crippen LogP contribution in [0.3, 0.4) is 0 Å². The molecule has 0 fully saturated rings. The van der Waals surface area contributed by atoms with Gasteiger partial charge in [0.05, 0.1) is 9.88 Å². The van der Waals surface area contributed by atoms with Crippen molar-refractivity contribution in [1.29, 1.82) is 0 Å². The van der Waals surface area contributed by atoms with Gasteiger partial charge in [-0.05, 0) is 45.0 Å². The minimum absolute atomic E-state index is 0.210. The number of nitrogens with zero attached hydrogens (tertiary/aromatic N) is 1. The van der Waals surface area contributed by atoms with E-state index in [1.807, 2.05) is 31.3 Å². The highest BCUT2D eigenvalue weighted by Crippen LogP contribution is 2.29. The van der Waals surface area contributed by atoms with E-state index in [1.165, 1.54) is 0 Å². The van der Waals surface area contributed by atoms with Gasteiger partial charge in [-0.3, -0.25) is 0 Å². The normalized spacial score (nSPS) is 12.4. The molecular weight excluding hydrogens is 304 g/mol. The lowest BCUT2D eigenvalue weighted by Gasteiger charge is -2.18. The van der Waals surface area contributed by atoms with Crippen LogP contribution in [0.25, 0.3) is 0 Å². The average molecular weight is 325 g/mol. The summed E-state index contributed by atoms with van der Waals surface area (Å²) in [5, 5.41) is 5.26. The maximum atomic E-state index is 6.12. The third-order valence-corrected chi connectivity index (χ3v) is 4.30. The maximum absolute atomic E-state index is 6.12. The molecule has 0 aliphatic rings. The molecule has 0 spiro atoms. The molecule has 0 aliphatic carbocycles. The van der Waals surface area contributed by atoms with Crippen LogP contribution in [-0.4, -0.2) is 11.5 Å². The number of rotatable bonds is 7. The van der Waals surface area contributed by atoms with E-state index < -0.39 is 0 Å². The summed E-state index contributed by atoms with van der Waals surface area (Å²) in [6.07, 6.45) is 2.97. The standard InChI is InChI=1S/C16H21ClN2OS/c1-4-7-18-11(2)15-8-13(17)5-6-16(15)20-10-14-9-19-12(3)21-14/h5-6,8-9,11,18H,4,7,10H2,1-3H3. The first-order chi connectivity index (χ1) is 10.1. The summed E-state index contributed by atoms with van der Waals surface area (Å²) < 4.78 is 5.96. The summed E-state index contributed by atoms with van der Waals surface area (Å²) in [6.45, 7) is 7.80. The van der Waals surface area contributed by atoms with E-state index in [1.54, 1.807) is 11.3 Å². The quantitative estimate of drug-likeness (QED) is 0.798. The fourth-order valence-electron chi connectivity index (χ4n) is 2.08. The predicted octanol–water partition coefficient (Wildman–Crippen LogP) is 4.74. The molecule has 1 aromatic carbocycles. The number of aromatic nitrogens is 1. The average Bonchev–Trinajstić information content (AvgIpc) is 2.89. The Morgan fingerprint density at radius 2 is 2.24 bits per heavy atom. The number of hydrogen-bond acceptors (Lipinski definition) is 4. The molecule has 5 heteroatoms. The van der Waals surface area contributed by atoms with Crippen molar-refractivity contribution in [3.63, 3.8) is 0 Å². The van der Waals surface area contributed by atoms with Gasteiger partial charge in [0.1, 0.15) is 12.4 Å². The Balaban J connectivity index is 2.10. The van der Waals surface area contributed by atoms with Crippen LogP contribution < -0.4 is 10.1 Å². The summed E-state index contributed by atoms with van der Waals surface area (Å²) in [7, 11) is 0. The largest absolute Gasteiger partial charge is 0.488 e. The Kier molecular flexibility index (Phi) is 6.03. The second kappa shape index (κ2) is 7.78. The minimum atomic E-state index is 0.210. The third kappa shape index (κ3) is 4.70. The number of thiazole rings is 1. The summed E-state index contributed by atoms with van der Waals surface area (Å²) in [5.41, 5.74) is 1.09. The first kappa shape index (κ1) is 16.3. The van der Waals surface area contributed by atoms with Crippen molar-refractivity contribution in [3.05, 3.63) is 44.9 Å². The lowest BCUT2D eigenvalue weighted by atomic mass is 10.1. The van der Waals surface area contributed by atoms with Crippen LogP contribution in [0.4, 0.5) is 0 Å². The second-order valence-corrected chi connectivity index (χ2v) is 6.75. The van der Waals surface area contributed by atoms with Crippen LogP contribution in [0.2, 0.25) is 5.02 Å². The van der Waals surface area contributed by atoms with Gasteiger partial charge < -0.3 is 10.1 Å². The van der Waals surface area contributed by atoms with E-state index in [0.29, 0.717) is 6.61 Å². The molecule has 2 rings (SSSR count). The van der Waals surface area contributed by atoms with Gasteiger partial charge in [-0.25, -0.2) is 4.98 Å². The number of ether oxygens (including phenoxy) is 1. The van der Waals surface area contributed by atoms with Crippen LogP contribution in [-0.2, 0) is 6.61 Å². The van der Waals surface area contributed by atoms with Crippen molar-refractivity contribution in [3.8, 4) is 5.75 Å². The Bertz CT molecular complexity index is 585. The first-order valence-electron chi connectivity index (χ1n) is 7.17. The Labute approximate surface area is 135 Å². The summed E-state index contributed by atoms with van der Waals surface area (Å²) in [6, 6.07) is 5.99. The minimum Gasteiger partial charge on any atom is -0.488 e. The van der Waals surface area contributed by atoms with Gasteiger partial charge in [0, 0.05) is 22.8 Å². The highest BCUT2D eigenvalue weighted by atomic mass is 35.5. The molecule has 0 amide bonds. The van der Waals surface area contributed by atoms with Crippen LogP contribution in [0.5, 0.6) is 5.75 Å². The lowest BCUT2D eigenvalue weighted by Crippen LogP contribution is -2.20. The van der Waals surface area contributed by atoms with E-state index in [2.05, 4.69) is 24.1 Å². The van der Waals surface area contributed by atoms with Crippen molar-refractivity contribution in [2.24, 2.45) is 0 Å². The monoisotopic (exact) mass is 324 g/mol. The topological polar surface area (TPSA) is 34.1 Å². The zero-order valence-corrected chi connectivity index (χ0v) is 14.2. The van der Waals surface area contributed by atoms with Crippen molar-refractivity contribution < 1.29 is 4.74 Å². The number of halogens is 1. The molecule has 0 radical (unpaired) electrons. The predicted molar refractivity (Wildman–Crippen MR) is 89.3 cm³/mol. The van der Waals surface area contributed by atoms with E-state index >= 15 is 0 Å². The molecule has 114 valence electrons. The van der Waals surface area contributed by atoms with E-state index in [0.717, 1.165) is 39.2 Å². The zero-order chi connectivity index (χ0) is 15.2. The molecule has 0 saturated heterocycles. The lowest BCUT2D eigenvalue weighted by molar-refractivity contribution is 0.303. The van der Waals surface area contributed by atoms with E-state index in [4.69, 9.17) is 16.3 Å². The van der Waals surface area contributed by atoms with Crippen molar-refractivity contribution in [2.45, 2.75) is 39.8 Å². The molecule has 0 bridgehead atoms. The molecule has 1 aromatic heterocycles. The second-order valence-electron chi connectivity index (χ2n) is 4.99. The molecule has 0 aliphatic heterocycles. The SMILES string of the molecule is CCCNC(C)c1cc(Cl)ccc1OCc1cnc(C)s1. The molecule has 3 nitrogen and oxygen atoms in total. The molecule has 1 heterocycles. The van der Waals surface area contributed by atoms with Crippen LogP contribution in [0.15, 0.2) is 24.4 Å². The first-order valence-corrected chi connectivity index (χ1v) is 8.36. The number of aryl methyl sites for hydroxylation is 1. The van der Waals surface area contributed by atoms with E-state index in [-0.39, 0.29) is 6.04 Å². The Morgan fingerprint density at radius 1 is 1.43 bits per heavy atom. The molecule has 0 saturated carbocycles. The number of benzene rings is 1. The molecule has 1 atom stereocenters. The summed E-state index contributed by atoms with van der Waals surface area (Å²) >= 11 is 7.78. The maximum Gasteiger partial charge on any atom is 0.124 e. The van der Waals surface area contributed by atoms with Crippen LogP contribution in [0, 0.1) is 6.92 Å². The van der Waals surface area contributed by atoms with Crippen molar-refractivity contribution >= 4 is 22.9 Å². The van der Waals surface area contributed by atoms with Gasteiger partial charge in [-0.2, -0.15) is 0 Å². The summed E-state index contributed by atoms with van der Waals surface area (Å²) in [4.78, 5) is 5.37. The van der Waals surface area contributed by atoms with Gasteiger partial charge in [0.25, 0.3) is 0 Å². The smallest absolute Gasteiger partial charge is 0.124 e. The van der Waals surface area contributed by atoms with Gasteiger partial charge >= 0.3 is 0 Å². The molecule has 1 N–H and O–H groups in total. The van der Waals surface area contributed by atoms with Crippen LogP contribution in [0.1, 0.15) is 41.8 Å². The number of nitrogens with one attached hydrogen (secondary N) is 1. The Hall–Kier alpha value is -1.10. The Morgan fingerprint density at radius 3 is 2.90 bits per heavy atom. The third-order valence-electron chi connectivity index (χ3n) is 3.18. The fraction of sp³-hybridized carbons (Fsp3) is 0.438. The summed E-state index contributed by atoms with van der Waals surface area (Å²) in [5.74, 6) is 0.876. The van der Waals surface area contributed by atoms with Gasteiger partial charge in [0.15, 0.2) is 0 Å². The zero-order valence-electron chi connectivity index (χ0n) is 12.6. The molecular formula is C16H21ClN2OS. The fourth-order valence-corrected chi connectivity index (χ4v) is 2.97. The number of hydrogen-bond donors (Lipinski definition) is 1. The van der Waals surface area contributed by atoms with Crippen LogP contribution >= 0.6 is 22.9 Å². The van der Waals surface area contributed by atoms with Crippen molar-refractivity contribution in [1.82, 2.24) is 10.3 Å². The van der Waals surface area contributed by atoms with Crippen molar-refractivity contribution in [2.75, 3.05) is 6.54 Å². The van der Waals surface area contributed by atoms with Gasteiger partial charge in [-0.15, -0.1) is 11.3 Å².